The number of carboxylic acids is 1. The third-order valence-corrected chi connectivity index (χ3v) is 9.52. The van der Waals surface area contributed by atoms with Crippen LogP contribution >= 0.6 is 0 Å². The van der Waals surface area contributed by atoms with Crippen molar-refractivity contribution in [3.8, 4) is 5.75 Å². The Bertz CT molecular complexity index is 2630. The zero-order valence-electron chi connectivity index (χ0n) is 29.9. The number of carbonyl (C=O) groups excluding carboxylic acids is 1. The summed E-state index contributed by atoms with van der Waals surface area (Å²) in [6, 6.07) is 55.1. The fourth-order valence-corrected chi connectivity index (χ4v) is 6.71. The number of hydrogen-bond donors (Lipinski definition) is 2. The number of hydrogen-bond acceptors (Lipinski definition) is 5. The highest BCUT2D eigenvalue weighted by molar-refractivity contribution is 6.53. The van der Waals surface area contributed by atoms with Crippen LogP contribution in [0.15, 0.2) is 181 Å². The predicted octanol–water partition coefficient (Wildman–Crippen LogP) is 10.8. The number of carboxylic acid groups (broad SMARTS) is 1. The number of aromatic hydroxyl groups is 1. The molecule has 0 aliphatic carbocycles. The first-order chi connectivity index (χ1) is 26.8. The summed E-state index contributed by atoms with van der Waals surface area (Å²) in [5.41, 5.74) is 9.25. The molecule has 0 saturated carbocycles. The van der Waals surface area contributed by atoms with Gasteiger partial charge in [0, 0.05) is 17.1 Å². The van der Waals surface area contributed by atoms with E-state index in [1.807, 2.05) is 54.6 Å². The summed E-state index contributed by atoms with van der Waals surface area (Å²) in [4.78, 5) is 27.6. The number of nitrogens with zero attached hydrogens (tertiary/aromatic N) is 3. The molecule has 0 bridgehead atoms. The smallest absolute Gasteiger partial charge is 0.357 e. The molecule has 0 unspecified atom stereocenters. The monoisotopic (exact) mass is 717 g/mol. The molecule has 2 N–H and O–H groups in total. The lowest BCUT2D eigenvalue weighted by Gasteiger charge is -2.26. The van der Waals surface area contributed by atoms with Gasteiger partial charge in [-0.05, 0) is 124 Å². The van der Waals surface area contributed by atoms with Gasteiger partial charge >= 0.3 is 5.97 Å². The minimum atomic E-state index is -1.27. The first-order valence-electron chi connectivity index (χ1n) is 17.8. The Kier molecular flexibility index (Phi) is 9.33. The van der Waals surface area contributed by atoms with E-state index in [1.54, 1.807) is 42.5 Å². The molecule has 7 nitrogen and oxygen atoms in total. The van der Waals surface area contributed by atoms with Crippen LogP contribution < -0.4 is 9.91 Å². The number of amides is 1. The van der Waals surface area contributed by atoms with Gasteiger partial charge in [-0.1, -0.05) is 109 Å². The summed E-state index contributed by atoms with van der Waals surface area (Å²) in [5.74, 6) is -1.60. The summed E-state index contributed by atoms with van der Waals surface area (Å²) in [7, 11) is 0. The van der Waals surface area contributed by atoms with Crippen LogP contribution in [0.1, 0.15) is 27.8 Å². The van der Waals surface area contributed by atoms with Crippen molar-refractivity contribution in [2.24, 2.45) is 5.10 Å². The molecule has 0 radical (unpaired) electrons. The van der Waals surface area contributed by atoms with Crippen LogP contribution in [0, 0.1) is 6.92 Å². The molecule has 266 valence electrons. The van der Waals surface area contributed by atoms with Crippen molar-refractivity contribution in [2.45, 2.75) is 6.92 Å². The van der Waals surface area contributed by atoms with Gasteiger partial charge < -0.3 is 15.1 Å². The number of aliphatic carboxylic acids is 1. The first kappa shape index (κ1) is 34.6. The van der Waals surface area contributed by atoms with Crippen molar-refractivity contribution in [1.82, 2.24) is 0 Å². The van der Waals surface area contributed by atoms with Gasteiger partial charge in [-0.15, -0.1) is 0 Å². The molecule has 1 aliphatic heterocycles. The lowest BCUT2D eigenvalue weighted by Crippen LogP contribution is -2.22. The maximum absolute atomic E-state index is 13.4. The normalized spacial score (nSPS) is 13.7. The van der Waals surface area contributed by atoms with Crippen molar-refractivity contribution >= 4 is 68.8 Å². The maximum atomic E-state index is 13.4. The molecule has 0 fully saturated rings. The average molecular weight is 718 g/mol. The van der Waals surface area contributed by atoms with Crippen molar-refractivity contribution in [2.75, 3.05) is 9.91 Å². The number of aryl methyl sites for hydroxylation is 1. The number of phenolic OH excluding ortho intramolecular Hbond substituents is 1. The Morgan fingerprint density at radius 3 is 1.87 bits per heavy atom. The van der Waals surface area contributed by atoms with Crippen LogP contribution in [-0.4, -0.2) is 27.8 Å². The van der Waals surface area contributed by atoms with Crippen LogP contribution in [0.25, 0.3) is 28.5 Å². The van der Waals surface area contributed by atoms with E-state index >= 15 is 0 Å². The summed E-state index contributed by atoms with van der Waals surface area (Å²) < 4.78 is 0. The van der Waals surface area contributed by atoms with Gasteiger partial charge in [-0.3, -0.25) is 4.79 Å². The van der Waals surface area contributed by atoms with E-state index in [2.05, 4.69) is 102 Å². The molecule has 7 aromatic carbocycles. The molecule has 7 aromatic rings. The van der Waals surface area contributed by atoms with Crippen molar-refractivity contribution in [3.63, 3.8) is 0 Å². The van der Waals surface area contributed by atoms with Crippen molar-refractivity contribution in [1.29, 1.82) is 0 Å². The van der Waals surface area contributed by atoms with Gasteiger partial charge in [0.2, 0.25) is 0 Å². The number of fused-ring (bicyclic) bond motifs is 1. The highest BCUT2D eigenvalue weighted by Crippen LogP contribution is 2.38. The molecule has 1 aliphatic rings. The molecule has 0 saturated heterocycles. The zero-order chi connectivity index (χ0) is 37.9. The molecule has 0 aromatic heterocycles. The number of carbonyl (C=O) groups is 2. The van der Waals surface area contributed by atoms with E-state index in [0.29, 0.717) is 11.3 Å². The Morgan fingerprint density at radius 2 is 1.20 bits per heavy atom. The molecule has 7 heteroatoms. The summed E-state index contributed by atoms with van der Waals surface area (Å²) in [6.07, 6.45) is 3.79. The molecule has 0 atom stereocenters. The van der Waals surface area contributed by atoms with Gasteiger partial charge in [0.1, 0.15) is 5.75 Å². The Morgan fingerprint density at radius 1 is 0.636 bits per heavy atom. The second-order valence-corrected chi connectivity index (χ2v) is 13.3. The van der Waals surface area contributed by atoms with Crippen LogP contribution in [0.4, 0.5) is 22.7 Å². The molecule has 0 spiro atoms. The summed E-state index contributed by atoms with van der Waals surface area (Å²) >= 11 is 0. The zero-order valence-corrected chi connectivity index (χ0v) is 29.9. The maximum Gasteiger partial charge on any atom is 0.357 e. The molecule has 55 heavy (non-hydrogen) atoms. The highest BCUT2D eigenvalue weighted by atomic mass is 16.4. The second-order valence-electron chi connectivity index (χ2n) is 13.3. The Balaban J connectivity index is 1.13. The minimum Gasteiger partial charge on any atom is -0.508 e. The Labute approximate surface area is 318 Å². The summed E-state index contributed by atoms with van der Waals surface area (Å²) in [5, 5.41) is 27.1. The van der Waals surface area contributed by atoms with Crippen LogP contribution in [-0.2, 0) is 9.59 Å². The second kappa shape index (κ2) is 14.8. The quantitative estimate of drug-likeness (QED) is 0.115. The number of hydrazone groups is 1. The van der Waals surface area contributed by atoms with Crippen LogP contribution in [0.5, 0.6) is 5.75 Å². The van der Waals surface area contributed by atoms with Gasteiger partial charge in [0.05, 0.1) is 11.3 Å². The third kappa shape index (κ3) is 7.27. The molecular weight excluding hydrogens is 683 g/mol. The van der Waals surface area contributed by atoms with E-state index < -0.39 is 11.9 Å². The molecule has 8 rings (SSSR count). The predicted molar refractivity (Wildman–Crippen MR) is 222 cm³/mol. The topological polar surface area (TPSA) is 93.4 Å². The van der Waals surface area contributed by atoms with Gasteiger partial charge in [0.25, 0.3) is 5.91 Å². The van der Waals surface area contributed by atoms with E-state index in [1.165, 1.54) is 5.56 Å². The largest absolute Gasteiger partial charge is 0.508 e. The van der Waals surface area contributed by atoms with Crippen molar-refractivity contribution < 1.29 is 19.8 Å². The molecule has 1 amide bonds. The fraction of sp³-hybridized carbons (Fsp3) is 0.0208. The van der Waals surface area contributed by atoms with Gasteiger partial charge in [0.15, 0.2) is 5.71 Å². The molecular formula is C48H35N3O4. The van der Waals surface area contributed by atoms with Crippen LogP contribution in [0.2, 0.25) is 0 Å². The third-order valence-electron chi connectivity index (χ3n) is 9.52. The molecule has 1 heterocycles. The lowest BCUT2D eigenvalue weighted by atomic mass is 9.95. The number of phenols is 1. The van der Waals surface area contributed by atoms with Crippen LogP contribution in [0.3, 0.4) is 0 Å². The minimum absolute atomic E-state index is 0.0128. The van der Waals surface area contributed by atoms with E-state index in [0.717, 1.165) is 55.1 Å². The lowest BCUT2D eigenvalue weighted by molar-refractivity contribution is -0.129. The highest BCUT2D eigenvalue weighted by Gasteiger charge is 2.35. The fourth-order valence-electron chi connectivity index (χ4n) is 6.71. The van der Waals surface area contributed by atoms with Gasteiger partial charge in [-0.2, -0.15) is 10.1 Å². The number of rotatable bonds is 9. The van der Waals surface area contributed by atoms with Gasteiger partial charge in [-0.25, -0.2) is 4.79 Å². The van der Waals surface area contributed by atoms with E-state index in [-0.39, 0.29) is 17.0 Å². The van der Waals surface area contributed by atoms with Crippen molar-refractivity contribution in [3.05, 3.63) is 203 Å². The number of anilines is 4. The van der Waals surface area contributed by atoms with E-state index in [9.17, 15) is 19.8 Å². The SMILES string of the molecule is Cc1ccc(/C(=C/c2ccc(N(c3ccc(O)cc3)c3ccc4cc(/C=C5\C(=O)N(c6ccccc6)N=C5C(=O)O)ccc4c3)cc2)c2ccccc2)cc1. The average Bonchev–Trinajstić information content (AvgIpc) is 3.54. The number of benzene rings is 7. The first-order valence-corrected chi connectivity index (χ1v) is 17.8. The summed E-state index contributed by atoms with van der Waals surface area (Å²) in [6.45, 7) is 2.09. The van der Waals surface area contributed by atoms with E-state index in [4.69, 9.17) is 0 Å². The number of para-hydroxylation sites is 1. The standard InChI is InChI=1S/C48H35N3O4/c1-32-12-17-36(18-13-32)44(35-8-4-2-5-9-35)29-33-15-21-39(22-16-33)50(40-24-26-43(52)27-25-40)42-23-20-37-28-34(14-19-38(37)31-42)30-45-46(48(54)55)49-51(47(45)53)41-10-6-3-7-11-41/h2-31,52H,1H3,(H,54,55)/b44-29+,45-30-. The Hall–Kier alpha value is -7.51.